The van der Waals surface area contributed by atoms with Gasteiger partial charge in [-0.25, -0.2) is 9.59 Å². The number of hydrogen-bond donors (Lipinski definition) is 2. The van der Waals surface area contributed by atoms with Gasteiger partial charge in [0.1, 0.15) is 6.26 Å². The molecule has 0 saturated heterocycles. The summed E-state index contributed by atoms with van der Waals surface area (Å²) in [5.74, 6) is -1.30. The summed E-state index contributed by atoms with van der Waals surface area (Å²) >= 11 is 0. The molecule has 1 aromatic heterocycles. The number of nitrogens with one attached hydrogen (secondary N) is 1. The van der Waals surface area contributed by atoms with Gasteiger partial charge in [-0.1, -0.05) is 0 Å². The Bertz CT molecular complexity index is 416. The lowest BCUT2D eigenvalue weighted by molar-refractivity contribution is -0.142. The number of aliphatic hydroxyl groups is 1. The molecule has 0 saturated carbocycles. The summed E-state index contributed by atoms with van der Waals surface area (Å²) in [6.45, 7) is 1.38. The van der Waals surface area contributed by atoms with E-state index in [4.69, 9.17) is 14.3 Å². The highest BCUT2D eigenvalue weighted by Gasteiger charge is 2.21. The number of aliphatic hydroxyl groups excluding tert-OH is 1. The Labute approximate surface area is 103 Å². The maximum absolute atomic E-state index is 11.3. The van der Waals surface area contributed by atoms with Crippen LogP contribution in [-0.2, 0) is 14.3 Å². The molecule has 1 rings (SSSR count). The lowest BCUT2D eigenvalue weighted by Crippen LogP contribution is -2.34. The summed E-state index contributed by atoms with van der Waals surface area (Å²) in [7, 11) is 1.19. The fourth-order valence-corrected chi connectivity index (χ4v) is 1.11. The molecule has 1 unspecified atom stereocenters. The average molecular weight is 258 g/mol. The van der Waals surface area contributed by atoms with Gasteiger partial charge >= 0.3 is 11.9 Å². The van der Waals surface area contributed by atoms with Crippen molar-refractivity contribution in [2.75, 3.05) is 25.6 Å². The van der Waals surface area contributed by atoms with Crippen molar-refractivity contribution in [1.29, 1.82) is 0 Å². The van der Waals surface area contributed by atoms with Crippen molar-refractivity contribution in [3.05, 3.63) is 12.0 Å². The molecule has 0 aliphatic rings. The van der Waals surface area contributed by atoms with E-state index in [9.17, 15) is 9.59 Å². The highest BCUT2D eigenvalue weighted by atomic mass is 16.5. The number of carbonyl (C=O) groups is 2. The summed E-state index contributed by atoms with van der Waals surface area (Å²) in [4.78, 5) is 26.2. The van der Waals surface area contributed by atoms with Gasteiger partial charge in [-0.05, 0) is 6.92 Å². The van der Waals surface area contributed by atoms with Crippen molar-refractivity contribution >= 4 is 18.0 Å². The lowest BCUT2D eigenvalue weighted by Gasteiger charge is -2.11. The third kappa shape index (κ3) is 3.45. The molecule has 1 aromatic rings. The normalized spacial score (nSPS) is 11.7. The van der Waals surface area contributed by atoms with Gasteiger partial charge in [0.15, 0.2) is 11.7 Å². The summed E-state index contributed by atoms with van der Waals surface area (Å²) in [6.07, 6.45) is 1.09. The van der Waals surface area contributed by atoms with E-state index in [1.165, 1.54) is 7.11 Å². The zero-order valence-corrected chi connectivity index (χ0v) is 10.0. The van der Waals surface area contributed by atoms with Crippen molar-refractivity contribution in [3.63, 3.8) is 0 Å². The lowest BCUT2D eigenvalue weighted by atomic mass is 10.3. The molecule has 8 heteroatoms. The molecule has 0 aliphatic carbocycles. The number of methoxy groups -OCH3 is 1. The van der Waals surface area contributed by atoms with Crippen LogP contribution >= 0.6 is 0 Å². The number of esters is 2. The van der Waals surface area contributed by atoms with E-state index in [0.29, 0.717) is 0 Å². The van der Waals surface area contributed by atoms with Crippen molar-refractivity contribution in [2.45, 2.75) is 13.0 Å². The minimum Gasteiger partial charge on any atom is -0.467 e. The molecule has 8 nitrogen and oxygen atoms in total. The maximum atomic E-state index is 11.3. The van der Waals surface area contributed by atoms with E-state index in [1.807, 2.05) is 0 Å². The van der Waals surface area contributed by atoms with Gasteiger partial charge in [-0.15, -0.1) is 0 Å². The van der Waals surface area contributed by atoms with Gasteiger partial charge in [-0.2, -0.15) is 4.98 Å². The summed E-state index contributed by atoms with van der Waals surface area (Å²) in [6, 6.07) is -1.09. The third-order valence-corrected chi connectivity index (χ3v) is 1.95. The molecular weight excluding hydrogens is 244 g/mol. The minimum atomic E-state index is -1.01. The average Bonchev–Trinajstić information content (AvgIpc) is 2.84. The Kier molecular flexibility index (Phi) is 5.12. The molecular formula is C10H14N2O6. The first-order chi connectivity index (χ1) is 8.62. The third-order valence-electron chi connectivity index (χ3n) is 1.95. The molecule has 0 bridgehead atoms. The summed E-state index contributed by atoms with van der Waals surface area (Å²) < 4.78 is 14.1. The number of aromatic nitrogens is 1. The van der Waals surface area contributed by atoms with Crippen LogP contribution in [0.3, 0.4) is 0 Å². The Morgan fingerprint density at radius 1 is 1.61 bits per heavy atom. The van der Waals surface area contributed by atoms with E-state index < -0.39 is 24.6 Å². The second-order valence-corrected chi connectivity index (χ2v) is 3.16. The van der Waals surface area contributed by atoms with Crippen LogP contribution < -0.4 is 5.32 Å². The van der Waals surface area contributed by atoms with E-state index in [0.717, 1.165) is 6.26 Å². The first-order valence-corrected chi connectivity index (χ1v) is 5.20. The molecule has 0 aliphatic heterocycles. The highest BCUT2D eigenvalue weighted by Crippen LogP contribution is 2.10. The molecule has 0 aromatic carbocycles. The van der Waals surface area contributed by atoms with Crippen LogP contribution in [-0.4, -0.2) is 48.4 Å². The number of oxazole rings is 1. The number of rotatable bonds is 6. The zero-order chi connectivity index (χ0) is 13.5. The second kappa shape index (κ2) is 6.60. The minimum absolute atomic E-state index is 0.0269. The fourth-order valence-electron chi connectivity index (χ4n) is 1.11. The van der Waals surface area contributed by atoms with E-state index in [1.54, 1.807) is 6.92 Å². The maximum Gasteiger partial charge on any atom is 0.360 e. The number of nitrogens with zero attached hydrogens (tertiary/aromatic N) is 1. The van der Waals surface area contributed by atoms with Gasteiger partial charge in [0.05, 0.1) is 20.3 Å². The molecule has 0 radical (unpaired) electrons. The van der Waals surface area contributed by atoms with Crippen molar-refractivity contribution in [3.8, 4) is 0 Å². The van der Waals surface area contributed by atoms with Gasteiger partial charge in [0.2, 0.25) is 0 Å². The smallest absolute Gasteiger partial charge is 0.360 e. The van der Waals surface area contributed by atoms with Crippen LogP contribution in [0, 0.1) is 0 Å². The van der Waals surface area contributed by atoms with Crippen LogP contribution in [0.5, 0.6) is 0 Å². The predicted molar refractivity (Wildman–Crippen MR) is 59.0 cm³/mol. The SMILES string of the molecule is CCOC(=O)c1coc(NC(CO)C(=O)OC)n1. The molecule has 1 heterocycles. The molecule has 0 amide bonds. The van der Waals surface area contributed by atoms with Crippen LogP contribution in [0.25, 0.3) is 0 Å². The molecule has 2 N–H and O–H groups in total. The van der Waals surface area contributed by atoms with Crippen LogP contribution in [0.4, 0.5) is 6.01 Å². The van der Waals surface area contributed by atoms with E-state index in [-0.39, 0.29) is 18.3 Å². The van der Waals surface area contributed by atoms with Crippen LogP contribution in [0.2, 0.25) is 0 Å². The number of hydrogen-bond acceptors (Lipinski definition) is 8. The van der Waals surface area contributed by atoms with Gasteiger partial charge in [0.25, 0.3) is 6.01 Å². The number of ether oxygens (including phenoxy) is 2. The Morgan fingerprint density at radius 2 is 2.33 bits per heavy atom. The Hall–Kier alpha value is -2.09. The van der Waals surface area contributed by atoms with Crippen molar-refractivity contribution in [1.82, 2.24) is 4.98 Å². The number of anilines is 1. The topological polar surface area (TPSA) is 111 Å². The van der Waals surface area contributed by atoms with Gasteiger partial charge in [-0.3, -0.25) is 0 Å². The predicted octanol–water partition coefficient (Wildman–Crippen LogP) is -0.203. The largest absolute Gasteiger partial charge is 0.467 e. The summed E-state index contributed by atoms with van der Waals surface area (Å²) in [5.41, 5.74) is -0.0269. The second-order valence-electron chi connectivity index (χ2n) is 3.16. The van der Waals surface area contributed by atoms with Gasteiger partial charge in [0, 0.05) is 0 Å². The molecule has 1 atom stereocenters. The summed E-state index contributed by atoms with van der Waals surface area (Å²) in [5, 5.41) is 11.5. The Balaban J connectivity index is 2.68. The molecule has 100 valence electrons. The molecule has 0 spiro atoms. The first kappa shape index (κ1) is 14.0. The molecule has 18 heavy (non-hydrogen) atoms. The molecule has 0 fully saturated rings. The highest BCUT2D eigenvalue weighted by molar-refractivity contribution is 5.87. The van der Waals surface area contributed by atoms with Crippen LogP contribution in [0.1, 0.15) is 17.4 Å². The van der Waals surface area contributed by atoms with E-state index >= 15 is 0 Å². The number of carbonyl (C=O) groups excluding carboxylic acids is 2. The zero-order valence-electron chi connectivity index (χ0n) is 10.0. The van der Waals surface area contributed by atoms with Crippen LogP contribution in [0.15, 0.2) is 10.7 Å². The monoisotopic (exact) mass is 258 g/mol. The van der Waals surface area contributed by atoms with Gasteiger partial charge < -0.3 is 24.3 Å². The fraction of sp³-hybridized carbons (Fsp3) is 0.500. The van der Waals surface area contributed by atoms with Crippen molar-refractivity contribution in [2.24, 2.45) is 0 Å². The van der Waals surface area contributed by atoms with Crippen molar-refractivity contribution < 1.29 is 28.6 Å². The first-order valence-electron chi connectivity index (χ1n) is 5.20. The standard InChI is InChI=1S/C10H14N2O6/c1-3-17-9(15)7-5-18-10(12-7)11-6(4-13)8(14)16-2/h5-6,13H,3-4H2,1-2H3,(H,11,12). The van der Waals surface area contributed by atoms with E-state index in [2.05, 4.69) is 15.0 Å². The Morgan fingerprint density at radius 3 is 2.89 bits per heavy atom. The quantitative estimate of drug-likeness (QED) is 0.675.